The monoisotopic (exact) mass is 238 g/mol. The summed E-state index contributed by atoms with van der Waals surface area (Å²) in [6.07, 6.45) is 0. The van der Waals surface area contributed by atoms with E-state index in [1.54, 1.807) is 0 Å². The van der Waals surface area contributed by atoms with Crippen molar-refractivity contribution >= 4 is 11.6 Å². The second kappa shape index (κ2) is 4.02. The minimum atomic E-state index is -0.694. The molecule has 0 aliphatic rings. The van der Waals surface area contributed by atoms with Crippen LogP contribution in [-0.4, -0.2) is 10.2 Å². The molecule has 2 rings (SSSR count). The van der Waals surface area contributed by atoms with Gasteiger partial charge in [0.1, 0.15) is 5.75 Å². The van der Waals surface area contributed by atoms with Gasteiger partial charge in [-0.15, -0.1) is 0 Å². The van der Waals surface area contributed by atoms with Crippen LogP contribution in [0.15, 0.2) is 36.4 Å². The molecule has 0 amide bonds. The molecule has 0 saturated carbocycles. The fourth-order valence-corrected chi connectivity index (χ4v) is 1.64. The van der Waals surface area contributed by atoms with Gasteiger partial charge in [0.2, 0.25) is 0 Å². The van der Waals surface area contributed by atoms with Crippen LogP contribution in [0.4, 0.5) is 4.39 Å². The first-order valence-corrected chi connectivity index (χ1v) is 4.93. The lowest BCUT2D eigenvalue weighted by Gasteiger charge is -2.06. The van der Waals surface area contributed by atoms with Crippen molar-refractivity contribution in [3.8, 4) is 22.6 Å². The molecular weight excluding hydrogens is 231 g/mol. The highest BCUT2D eigenvalue weighted by atomic mass is 35.5. The van der Waals surface area contributed by atoms with Crippen molar-refractivity contribution in [3.05, 3.63) is 47.2 Å². The highest BCUT2D eigenvalue weighted by molar-refractivity contribution is 6.33. The van der Waals surface area contributed by atoms with Gasteiger partial charge in [-0.25, -0.2) is 4.39 Å². The molecule has 2 aromatic carbocycles. The summed E-state index contributed by atoms with van der Waals surface area (Å²) < 4.78 is 12.9. The Kier molecular flexibility index (Phi) is 2.71. The topological polar surface area (TPSA) is 40.5 Å². The van der Waals surface area contributed by atoms with E-state index in [2.05, 4.69) is 0 Å². The first-order chi connectivity index (χ1) is 7.58. The Morgan fingerprint density at radius 2 is 1.75 bits per heavy atom. The standard InChI is InChI=1S/C12H8ClFO2/c13-10-3-2-8(15)6-9(10)7-1-4-11(14)12(16)5-7/h1-6,15-16H. The van der Waals surface area contributed by atoms with Gasteiger partial charge < -0.3 is 10.2 Å². The van der Waals surface area contributed by atoms with Gasteiger partial charge >= 0.3 is 0 Å². The second-order valence-electron chi connectivity index (χ2n) is 3.33. The number of phenolic OH excluding ortho intramolecular Hbond substituents is 2. The van der Waals surface area contributed by atoms with Crippen molar-refractivity contribution in [2.75, 3.05) is 0 Å². The zero-order valence-corrected chi connectivity index (χ0v) is 8.87. The number of aromatic hydroxyl groups is 2. The quantitative estimate of drug-likeness (QED) is 0.798. The van der Waals surface area contributed by atoms with Crippen LogP contribution in [0.5, 0.6) is 11.5 Å². The summed E-state index contributed by atoms with van der Waals surface area (Å²) in [5.74, 6) is -1.08. The lowest BCUT2D eigenvalue weighted by molar-refractivity contribution is 0.432. The first-order valence-electron chi connectivity index (χ1n) is 4.55. The molecule has 0 fully saturated rings. The Hall–Kier alpha value is -1.74. The number of halogens is 2. The molecule has 2 N–H and O–H groups in total. The van der Waals surface area contributed by atoms with Gasteiger partial charge in [-0.2, -0.15) is 0 Å². The minimum absolute atomic E-state index is 0.0585. The van der Waals surface area contributed by atoms with Crippen LogP contribution < -0.4 is 0 Å². The van der Waals surface area contributed by atoms with E-state index in [0.29, 0.717) is 16.1 Å². The largest absolute Gasteiger partial charge is 0.508 e. The Labute approximate surface area is 96.5 Å². The van der Waals surface area contributed by atoms with Crippen LogP contribution in [0.3, 0.4) is 0 Å². The Bertz CT molecular complexity index is 541. The maximum absolute atomic E-state index is 12.9. The van der Waals surface area contributed by atoms with E-state index in [-0.39, 0.29) is 5.75 Å². The highest BCUT2D eigenvalue weighted by Crippen LogP contribution is 2.33. The molecule has 4 heteroatoms. The summed E-state index contributed by atoms with van der Waals surface area (Å²) in [4.78, 5) is 0. The van der Waals surface area contributed by atoms with Gasteiger partial charge in [-0.1, -0.05) is 17.7 Å². The molecule has 0 bridgehead atoms. The lowest BCUT2D eigenvalue weighted by Crippen LogP contribution is -1.82. The molecule has 2 aromatic rings. The van der Waals surface area contributed by atoms with E-state index in [4.69, 9.17) is 11.6 Å². The van der Waals surface area contributed by atoms with Crippen molar-refractivity contribution in [1.82, 2.24) is 0 Å². The van der Waals surface area contributed by atoms with E-state index in [9.17, 15) is 14.6 Å². The van der Waals surface area contributed by atoms with Gasteiger partial charge in [0.25, 0.3) is 0 Å². The molecule has 0 atom stereocenters. The van der Waals surface area contributed by atoms with E-state index in [1.807, 2.05) is 0 Å². The summed E-state index contributed by atoms with van der Waals surface area (Å²) in [5.41, 5.74) is 1.08. The van der Waals surface area contributed by atoms with Crippen molar-refractivity contribution < 1.29 is 14.6 Å². The normalized spacial score (nSPS) is 10.4. The molecule has 0 unspecified atom stereocenters. The van der Waals surface area contributed by atoms with Crippen LogP contribution in [0.1, 0.15) is 0 Å². The zero-order chi connectivity index (χ0) is 11.7. The summed E-state index contributed by atoms with van der Waals surface area (Å²) in [6.45, 7) is 0. The van der Waals surface area contributed by atoms with E-state index < -0.39 is 11.6 Å². The van der Waals surface area contributed by atoms with Crippen molar-refractivity contribution in [2.45, 2.75) is 0 Å². The summed E-state index contributed by atoms with van der Waals surface area (Å²) in [5, 5.41) is 19.0. The smallest absolute Gasteiger partial charge is 0.164 e. The molecule has 0 aliphatic heterocycles. The Balaban J connectivity index is 2.58. The molecule has 16 heavy (non-hydrogen) atoms. The third kappa shape index (κ3) is 1.95. The molecule has 82 valence electrons. The lowest BCUT2D eigenvalue weighted by atomic mass is 10.0. The van der Waals surface area contributed by atoms with Crippen LogP contribution in [-0.2, 0) is 0 Å². The van der Waals surface area contributed by atoms with E-state index in [1.165, 1.54) is 30.3 Å². The van der Waals surface area contributed by atoms with Crippen molar-refractivity contribution in [1.29, 1.82) is 0 Å². The average molecular weight is 239 g/mol. The highest BCUT2D eigenvalue weighted by Gasteiger charge is 2.07. The zero-order valence-electron chi connectivity index (χ0n) is 8.11. The summed E-state index contributed by atoms with van der Waals surface area (Å²) in [7, 11) is 0. The van der Waals surface area contributed by atoms with Gasteiger partial charge in [0.05, 0.1) is 0 Å². The number of hydrogen-bond donors (Lipinski definition) is 2. The number of phenols is 2. The molecule has 0 saturated heterocycles. The third-order valence-corrected chi connectivity index (χ3v) is 2.54. The van der Waals surface area contributed by atoms with Crippen molar-refractivity contribution in [2.24, 2.45) is 0 Å². The predicted octanol–water partition coefficient (Wildman–Crippen LogP) is 3.56. The molecule has 0 heterocycles. The van der Waals surface area contributed by atoms with Crippen LogP contribution in [0.25, 0.3) is 11.1 Å². The first kappa shape index (κ1) is 10.8. The fraction of sp³-hybridized carbons (Fsp3) is 0. The van der Waals surface area contributed by atoms with Crippen molar-refractivity contribution in [3.63, 3.8) is 0 Å². The third-order valence-electron chi connectivity index (χ3n) is 2.21. The van der Waals surface area contributed by atoms with Crippen LogP contribution in [0, 0.1) is 5.82 Å². The maximum Gasteiger partial charge on any atom is 0.164 e. The average Bonchev–Trinajstić information content (AvgIpc) is 2.26. The minimum Gasteiger partial charge on any atom is -0.508 e. The molecule has 0 aliphatic carbocycles. The molecule has 0 spiro atoms. The molecule has 0 radical (unpaired) electrons. The maximum atomic E-state index is 12.9. The molecule has 0 aromatic heterocycles. The van der Waals surface area contributed by atoms with Gasteiger partial charge in [0, 0.05) is 10.6 Å². The summed E-state index contributed by atoms with van der Waals surface area (Å²) >= 11 is 5.94. The molecular formula is C12H8ClFO2. The Morgan fingerprint density at radius 1 is 1.00 bits per heavy atom. The van der Waals surface area contributed by atoms with E-state index >= 15 is 0 Å². The Morgan fingerprint density at radius 3 is 2.44 bits per heavy atom. The van der Waals surface area contributed by atoms with Gasteiger partial charge in [0.15, 0.2) is 11.6 Å². The number of rotatable bonds is 1. The van der Waals surface area contributed by atoms with Crippen LogP contribution >= 0.6 is 11.6 Å². The predicted molar refractivity (Wildman–Crippen MR) is 60.2 cm³/mol. The number of hydrogen-bond acceptors (Lipinski definition) is 2. The summed E-state index contributed by atoms with van der Waals surface area (Å²) in [6, 6.07) is 8.33. The van der Waals surface area contributed by atoms with Gasteiger partial charge in [-0.3, -0.25) is 0 Å². The van der Waals surface area contributed by atoms with E-state index in [0.717, 1.165) is 6.07 Å². The van der Waals surface area contributed by atoms with Gasteiger partial charge in [-0.05, 0) is 35.9 Å². The SMILES string of the molecule is Oc1ccc(Cl)c(-c2ccc(F)c(O)c2)c1. The second-order valence-corrected chi connectivity index (χ2v) is 3.74. The van der Waals surface area contributed by atoms with Crippen LogP contribution in [0.2, 0.25) is 5.02 Å². The number of benzene rings is 2. The fourth-order valence-electron chi connectivity index (χ4n) is 1.41. The molecule has 2 nitrogen and oxygen atoms in total.